The van der Waals surface area contributed by atoms with Crippen molar-refractivity contribution >= 4 is 29.7 Å². The first-order valence-corrected chi connectivity index (χ1v) is 8.22. The number of thiophene rings is 1. The van der Waals surface area contributed by atoms with E-state index in [0.717, 1.165) is 11.3 Å². The van der Waals surface area contributed by atoms with E-state index >= 15 is 0 Å². The minimum absolute atomic E-state index is 0. The molecule has 2 aliphatic rings. The predicted molar refractivity (Wildman–Crippen MR) is 86.3 cm³/mol. The Labute approximate surface area is 139 Å². The number of halogens is 3. The number of aryl methyl sites for hydroxylation is 1. The van der Waals surface area contributed by atoms with Crippen molar-refractivity contribution in [3.05, 3.63) is 21.4 Å². The minimum atomic E-state index is -2.56. The van der Waals surface area contributed by atoms with Gasteiger partial charge in [-0.3, -0.25) is 4.79 Å². The average molecular weight is 351 g/mol. The molecule has 1 heterocycles. The van der Waals surface area contributed by atoms with Gasteiger partial charge in [0.1, 0.15) is 0 Å². The zero-order valence-electron chi connectivity index (χ0n) is 12.4. The van der Waals surface area contributed by atoms with Gasteiger partial charge >= 0.3 is 0 Å². The second kappa shape index (κ2) is 6.42. The number of hydrogen-bond acceptors (Lipinski definition) is 3. The molecule has 0 spiro atoms. The van der Waals surface area contributed by atoms with Crippen LogP contribution in [0.1, 0.15) is 58.1 Å². The third kappa shape index (κ3) is 3.78. The van der Waals surface area contributed by atoms with Gasteiger partial charge in [0.25, 0.3) is 5.91 Å². The van der Waals surface area contributed by atoms with Gasteiger partial charge in [0.2, 0.25) is 5.92 Å². The first-order chi connectivity index (χ1) is 9.85. The molecule has 0 saturated heterocycles. The SMILES string of the molecule is Cc1sc([C@@H]2C[C@H]2N)cc1C(=O)NC1CCC(F)(F)CC1.Cl. The number of amides is 1. The Balaban J connectivity index is 0.00000176. The molecule has 1 aromatic heterocycles. The van der Waals surface area contributed by atoms with E-state index < -0.39 is 5.92 Å². The molecule has 2 saturated carbocycles. The van der Waals surface area contributed by atoms with Crippen LogP contribution in [0.3, 0.4) is 0 Å². The van der Waals surface area contributed by atoms with Crippen molar-refractivity contribution < 1.29 is 13.6 Å². The minimum Gasteiger partial charge on any atom is -0.349 e. The molecule has 7 heteroatoms. The van der Waals surface area contributed by atoms with E-state index in [-0.39, 0.29) is 43.2 Å². The van der Waals surface area contributed by atoms with E-state index in [1.165, 1.54) is 4.88 Å². The molecule has 3 nitrogen and oxygen atoms in total. The fourth-order valence-electron chi connectivity index (χ4n) is 2.90. The summed E-state index contributed by atoms with van der Waals surface area (Å²) in [5, 5.41) is 2.90. The standard InChI is InChI=1S/C15H20F2N2OS.ClH/c1-8-10(7-13(21-8)11-6-12(11)18)14(20)19-9-2-4-15(16,17)5-3-9;/h7,9,11-12H,2-6,18H2,1H3,(H,19,20);1H/t11-,12-;/m1./s1. The van der Waals surface area contributed by atoms with Gasteiger partial charge in [0.05, 0.1) is 5.56 Å². The largest absolute Gasteiger partial charge is 0.349 e. The Morgan fingerprint density at radius 2 is 2.00 bits per heavy atom. The number of alkyl halides is 2. The van der Waals surface area contributed by atoms with E-state index in [0.29, 0.717) is 24.3 Å². The van der Waals surface area contributed by atoms with Crippen LogP contribution >= 0.6 is 23.7 Å². The molecular weight excluding hydrogens is 330 g/mol. The molecule has 1 aromatic rings. The van der Waals surface area contributed by atoms with E-state index in [2.05, 4.69) is 5.32 Å². The normalized spacial score (nSPS) is 27.1. The fraction of sp³-hybridized carbons (Fsp3) is 0.667. The van der Waals surface area contributed by atoms with Gasteiger partial charge in [-0.2, -0.15) is 0 Å². The third-order valence-electron chi connectivity index (χ3n) is 4.44. The van der Waals surface area contributed by atoms with Crippen LogP contribution in [-0.2, 0) is 0 Å². The van der Waals surface area contributed by atoms with Gasteiger partial charge in [0, 0.05) is 40.6 Å². The highest BCUT2D eigenvalue weighted by Crippen LogP contribution is 2.43. The molecule has 22 heavy (non-hydrogen) atoms. The quantitative estimate of drug-likeness (QED) is 0.875. The lowest BCUT2D eigenvalue weighted by Crippen LogP contribution is -2.40. The van der Waals surface area contributed by atoms with Crippen LogP contribution in [0.5, 0.6) is 0 Å². The lowest BCUT2D eigenvalue weighted by atomic mass is 9.92. The Bertz CT molecular complexity index is 554. The van der Waals surface area contributed by atoms with Gasteiger partial charge in [-0.1, -0.05) is 0 Å². The van der Waals surface area contributed by atoms with Crippen LogP contribution in [0, 0.1) is 6.92 Å². The van der Waals surface area contributed by atoms with Crippen molar-refractivity contribution in [1.29, 1.82) is 0 Å². The zero-order chi connectivity index (χ0) is 15.2. The van der Waals surface area contributed by atoms with Crippen LogP contribution in [-0.4, -0.2) is 23.9 Å². The summed E-state index contributed by atoms with van der Waals surface area (Å²) in [6.45, 7) is 1.92. The molecule has 0 aromatic carbocycles. The van der Waals surface area contributed by atoms with Gasteiger partial charge in [-0.15, -0.1) is 23.7 Å². The van der Waals surface area contributed by atoms with Gasteiger partial charge in [-0.05, 0) is 32.3 Å². The Morgan fingerprint density at radius 1 is 1.41 bits per heavy atom. The number of rotatable bonds is 3. The van der Waals surface area contributed by atoms with Gasteiger partial charge in [0.15, 0.2) is 0 Å². The van der Waals surface area contributed by atoms with Crippen molar-refractivity contribution in [3.63, 3.8) is 0 Å². The number of carbonyl (C=O) groups excluding carboxylic acids is 1. The molecule has 2 fully saturated rings. The Morgan fingerprint density at radius 3 is 2.55 bits per heavy atom. The highest BCUT2D eigenvalue weighted by atomic mass is 35.5. The van der Waals surface area contributed by atoms with Gasteiger partial charge in [-0.25, -0.2) is 8.78 Å². The van der Waals surface area contributed by atoms with Crippen molar-refractivity contribution in [3.8, 4) is 0 Å². The monoisotopic (exact) mass is 350 g/mol. The Kier molecular flexibility index (Phi) is 5.14. The molecule has 0 aliphatic heterocycles. The fourth-order valence-corrected chi connectivity index (χ4v) is 4.12. The number of carbonyl (C=O) groups is 1. The smallest absolute Gasteiger partial charge is 0.252 e. The second-order valence-electron chi connectivity index (χ2n) is 6.23. The van der Waals surface area contributed by atoms with Crippen LogP contribution in [0.2, 0.25) is 0 Å². The molecule has 2 atom stereocenters. The molecule has 0 radical (unpaired) electrons. The van der Waals surface area contributed by atoms with E-state index in [1.54, 1.807) is 11.3 Å². The first kappa shape index (κ1) is 17.6. The van der Waals surface area contributed by atoms with Crippen molar-refractivity contribution in [2.75, 3.05) is 0 Å². The summed E-state index contributed by atoms with van der Waals surface area (Å²) in [6, 6.07) is 2.01. The molecule has 0 bridgehead atoms. The molecule has 124 valence electrons. The number of nitrogens with two attached hydrogens (primary N) is 1. The molecule has 1 amide bonds. The molecule has 3 N–H and O–H groups in total. The van der Waals surface area contributed by atoms with E-state index in [9.17, 15) is 13.6 Å². The summed E-state index contributed by atoms with van der Waals surface area (Å²) in [5.41, 5.74) is 6.52. The summed E-state index contributed by atoms with van der Waals surface area (Å²) in [7, 11) is 0. The number of hydrogen-bond donors (Lipinski definition) is 2. The van der Waals surface area contributed by atoms with E-state index in [1.807, 2.05) is 13.0 Å². The maximum absolute atomic E-state index is 13.1. The maximum Gasteiger partial charge on any atom is 0.252 e. The summed E-state index contributed by atoms with van der Waals surface area (Å²) < 4.78 is 26.2. The summed E-state index contributed by atoms with van der Waals surface area (Å²) in [4.78, 5) is 14.5. The van der Waals surface area contributed by atoms with Crippen molar-refractivity contribution in [1.82, 2.24) is 5.32 Å². The zero-order valence-corrected chi connectivity index (χ0v) is 14.0. The summed E-state index contributed by atoms with van der Waals surface area (Å²) in [5.74, 6) is -2.31. The van der Waals surface area contributed by atoms with Crippen molar-refractivity contribution in [2.24, 2.45) is 5.73 Å². The third-order valence-corrected chi connectivity index (χ3v) is 5.62. The summed E-state index contributed by atoms with van der Waals surface area (Å²) >= 11 is 1.62. The number of nitrogens with one attached hydrogen (secondary N) is 1. The lowest BCUT2D eigenvalue weighted by molar-refractivity contribution is -0.0399. The maximum atomic E-state index is 13.1. The molecule has 3 rings (SSSR count). The molecule has 0 unspecified atom stereocenters. The van der Waals surface area contributed by atoms with Crippen LogP contribution < -0.4 is 11.1 Å². The predicted octanol–water partition coefficient (Wildman–Crippen LogP) is 3.60. The van der Waals surface area contributed by atoms with Crippen LogP contribution in [0.15, 0.2) is 6.07 Å². The Hall–Kier alpha value is -0.720. The second-order valence-corrected chi connectivity index (χ2v) is 7.52. The van der Waals surface area contributed by atoms with Crippen LogP contribution in [0.25, 0.3) is 0 Å². The average Bonchev–Trinajstić information content (AvgIpc) is 3.00. The first-order valence-electron chi connectivity index (χ1n) is 7.40. The van der Waals surface area contributed by atoms with E-state index in [4.69, 9.17) is 5.73 Å². The highest BCUT2D eigenvalue weighted by molar-refractivity contribution is 7.12. The van der Waals surface area contributed by atoms with Crippen LogP contribution in [0.4, 0.5) is 8.78 Å². The summed E-state index contributed by atoms with van der Waals surface area (Å²) in [6.07, 6.45) is 1.41. The van der Waals surface area contributed by atoms with Gasteiger partial charge < -0.3 is 11.1 Å². The topological polar surface area (TPSA) is 55.1 Å². The highest BCUT2D eigenvalue weighted by Gasteiger charge is 2.38. The molecular formula is C15H21ClF2N2OS. The lowest BCUT2D eigenvalue weighted by Gasteiger charge is -2.28. The molecule has 2 aliphatic carbocycles. The van der Waals surface area contributed by atoms with Crippen molar-refractivity contribution in [2.45, 2.75) is 63.0 Å².